The Labute approximate surface area is 113 Å². The number of rotatable bonds is 2. The van der Waals surface area contributed by atoms with Crippen LogP contribution in [0.15, 0.2) is 23.1 Å². The maximum absolute atomic E-state index is 12.5. The second kappa shape index (κ2) is 5.29. The number of aliphatic hydroxyl groups is 1. The van der Waals surface area contributed by atoms with Crippen LogP contribution in [0.25, 0.3) is 0 Å². The molecule has 1 aromatic rings. The first-order valence-corrected chi connectivity index (χ1v) is 7.58. The fraction of sp³-hybridized carbons (Fsp3) is 0.462. The van der Waals surface area contributed by atoms with Gasteiger partial charge in [0.25, 0.3) is 0 Å². The van der Waals surface area contributed by atoms with Crippen molar-refractivity contribution in [1.29, 1.82) is 5.26 Å². The maximum Gasteiger partial charge on any atom is 0.243 e. The lowest BCUT2D eigenvalue weighted by molar-refractivity contribution is 0.108. The van der Waals surface area contributed by atoms with Gasteiger partial charge in [-0.3, -0.25) is 0 Å². The smallest absolute Gasteiger partial charge is 0.243 e. The fourth-order valence-corrected chi connectivity index (χ4v) is 3.99. The van der Waals surface area contributed by atoms with Gasteiger partial charge >= 0.3 is 0 Å². The van der Waals surface area contributed by atoms with E-state index in [2.05, 4.69) is 0 Å². The van der Waals surface area contributed by atoms with E-state index in [-0.39, 0.29) is 11.4 Å². The summed E-state index contributed by atoms with van der Waals surface area (Å²) in [7, 11) is -3.64. The Morgan fingerprint density at radius 1 is 1.47 bits per heavy atom. The Balaban J connectivity index is 2.42. The minimum absolute atomic E-state index is 0.124. The van der Waals surface area contributed by atoms with Crippen LogP contribution in [-0.2, 0) is 10.0 Å². The summed E-state index contributed by atoms with van der Waals surface area (Å²) in [4.78, 5) is 0.153. The van der Waals surface area contributed by atoms with Gasteiger partial charge in [0.2, 0.25) is 10.0 Å². The summed E-state index contributed by atoms with van der Waals surface area (Å²) in [6.07, 6.45) is 0.670. The molecule has 0 unspecified atom stereocenters. The minimum atomic E-state index is -3.64. The van der Waals surface area contributed by atoms with Crippen LogP contribution in [0.1, 0.15) is 24.0 Å². The molecule has 2 rings (SSSR count). The lowest BCUT2D eigenvalue weighted by Crippen LogP contribution is -2.42. The van der Waals surface area contributed by atoms with Crippen LogP contribution >= 0.6 is 0 Å². The summed E-state index contributed by atoms with van der Waals surface area (Å²) in [6.45, 7) is 2.24. The third-order valence-electron chi connectivity index (χ3n) is 3.29. The van der Waals surface area contributed by atoms with Crippen LogP contribution in [0.3, 0.4) is 0 Å². The second-order valence-electron chi connectivity index (χ2n) is 4.75. The molecule has 0 aliphatic carbocycles. The highest BCUT2D eigenvalue weighted by Crippen LogP contribution is 2.24. The zero-order valence-electron chi connectivity index (χ0n) is 10.7. The molecule has 0 spiro atoms. The third kappa shape index (κ3) is 2.78. The number of hydrogen-bond acceptors (Lipinski definition) is 4. The molecule has 102 valence electrons. The van der Waals surface area contributed by atoms with E-state index in [1.165, 1.54) is 10.4 Å². The van der Waals surface area contributed by atoms with E-state index in [9.17, 15) is 13.5 Å². The van der Waals surface area contributed by atoms with E-state index in [1.54, 1.807) is 19.1 Å². The van der Waals surface area contributed by atoms with Crippen LogP contribution in [0.5, 0.6) is 0 Å². The van der Waals surface area contributed by atoms with Crippen molar-refractivity contribution in [3.8, 4) is 6.07 Å². The molecule has 1 saturated heterocycles. The molecule has 1 fully saturated rings. The van der Waals surface area contributed by atoms with Crippen molar-refractivity contribution >= 4 is 10.0 Å². The Kier molecular flexibility index (Phi) is 3.90. The number of nitriles is 1. The molecular formula is C13H16N2O3S. The summed E-state index contributed by atoms with van der Waals surface area (Å²) in [5.41, 5.74) is 0.931. The summed E-state index contributed by atoms with van der Waals surface area (Å²) in [6, 6.07) is 6.57. The Hall–Kier alpha value is -1.42. The molecule has 0 amide bonds. The molecule has 0 radical (unpaired) electrons. The van der Waals surface area contributed by atoms with Gasteiger partial charge in [-0.2, -0.15) is 9.57 Å². The number of β-amino-alcohol motifs (C(OH)–C–C–N with tert-alkyl or cyclic N) is 1. The SMILES string of the molecule is Cc1ccc(C#N)cc1S(=O)(=O)N1CCC[C@H](O)C1. The van der Waals surface area contributed by atoms with Crippen molar-refractivity contribution < 1.29 is 13.5 Å². The Morgan fingerprint density at radius 3 is 2.84 bits per heavy atom. The number of nitrogens with zero attached hydrogens (tertiary/aromatic N) is 2. The molecule has 0 saturated carbocycles. The second-order valence-corrected chi connectivity index (χ2v) is 6.66. The van der Waals surface area contributed by atoms with Crippen LogP contribution < -0.4 is 0 Å². The van der Waals surface area contributed by atoms with E-state index in [0.717, 1.165) is 0 Å². The average molecular weight is 280 g/mol. The van der Waals surface area contributed by atoms with Gasteiger partial charge in [0, 0.05) is 13.1 Å². The van der Waals surface area contributed by atoms with E-state index in [4.69, 9.17) is 5.26 Å². The van der Waals surface area contributed by atoms with E-state index < -0.39 is 16.1 Å². The quantitative estimate of drug-likeness (QED) is 0.876. The predicted octanol–water partition coefficient (Wildman–Crippen LogP) is 1.01. The maximum atomic E-state index is 12.5. The van der Waals surface area contributed by atoms with Crippen molar-refractivity contribution in [3.63, 3.8) is 0 Å². The molecule has 1 aliphatic heterocycles. The molecule has 1 heterocycles. The summed E-state index contributed by atoms with van der Waals surface area (Å²) < 4.78 is 26.4. The number of piperidine rings is 1. The predicted molar refractivity (Wildman–Crippen MR) is 69.9 cm³/mol. The summed E-state index contributed by atoms with van der Waals surface area (Å²) >= 11 is 0. The first-order chi connectivity index (χ1) is 8.95. The number of hydrogen-bond donors (Lipinski definition) is 1. The molecule has 6 heteroatoms. The number of aryl methyl sites for hydroxylation is 1. The first kappa shape index (κ1) is 14.0. The average Bonchev–Trinajstić information content (AvgIpc) is 2.39. The molecule has 0 bridgehead atoms. The van der Waals surface area contributed by atoms with Gasteiger partial charge < -0.3 is 5.11 Å². The van der Waals surface area contributed by atoms with Crippen LogP contribution in [0, 0.1) is 18.3 Å². The number of benzene rings is 1. The standard InChI is InChI=1S/C13H16N2O3S/c1-10-4-5-11(8-14)7-13(10)19(17,18)15-6-2-3-12(16)9-15/h4-5,7,12,16H,2-3,6,9H2,1H3/t12-/m0/s1. The highest BCUT2D eigenvalue weighted by atomic mass is 32.2. The lowest BCUT2D eigenvalue weighted by Gasteiger charge is -2.29. The minimum Gasteiger partial charge on any atom is -0.392 e. The Morgan fingerprint density at radius 2 is 2.21 bits per heavy atom. The van der Waals surface area contributed by atoms with Gasteiger partial charge in [-0.25, -0.2) is 8.42 Å². The van der Waals surface area contributed by atoms with Crippen molar-refractivity contribution in [2.75, 3.05) is 13.1 Å². The zero-order chi connectivity index (χ0) is 14.0. The number of sulfonamides is 1. The molecule has 19 heavy (non-hydrogen) atoms. The van der Waals surface area contributed by atoms with Crippen LogP contribution in [0.2, 0.25) is 0 Å². The highest BCUT2D eigenvalue weighted by Gasteiger charge is 2.30. The lowest BCUT2D eigenvalue weighted by atomic mass is 10.1. The van der Waals surface area contributed by atoms with E-state index in [1.807, 2.05) is 6.07 Å². The zero-order valence-corrected chi connectivity index (χ0v) is 11.5. The summed E-state index contributed by atoms with van der Waals surface area (Å²) in [5.74, 6) is 0. The summed E-state index contributed by atoms with van der Waals surface area (Å²) in [5, 5.41) is 18.5. The molecule has 1 N–H and O–H groups in total. The fourth-order valence-electron chi connectivity index (χ4n) is 2.23. The van der Waals surface area contributed by atoms with Crippen molar-refractivity contribution in [2.24, 2.45) is 0 Å². The normalized spacial score (nSPS) is 21.0. The molecule has 5 nitrogen and oxygen atoms in total. The third-order valence-corrected chi connectivity index (χ3v) is 5.30. The molecule has 1 aromatic carbocycles. The van der Waals surface area contributed by atoms with Gasteiger partial charge in [-0.15, -0.1) is 0 Å². The number of aliphatic hydroxyl groups excluding tert-OH is 1. The molecule has 1 aliphatic rings. The van der Waals surface area contributed by atoms with Crippen LogP contribution in [-0.4, -0.2) is 37.0 Å². The van der Waals surface area contributed by atoms with Crippen LogP contribution in [0.4, 0.5) is 0 Å². The van der Waals surface area contributed by atoms with Crippen molar-refractivity contribution in [3.05, 3.63) is 29.3 Å². The van der Waals surface area contributed by atoms with Gasteiger partial charge in [0.15, 0.2) is 0 Å². The van der Waals surface area contributed by atoms with Gasteiger partial charge in [0.05, 0.1) is 22.6 Å². The first-order valence-electron chi connectivity index (χ1n) is 6.14. The van der Waals surface area contributed by atoms with Crippen molar-refractivity contribution in [1.82, 2.24) is 4.31 Å². The monoisotopic (exact) mass is 280 g/mol. The van der Waals surface area contributed by atoms with Gasteiger partial charge in [-0.1, -0.05) is 6.07 Å². The van der Waals surface area contributed by atoms with E-state index >= 15 is 0 Å². The van der Waals surface area contributed by atoms with Gasteiger partial charge in [0.1, 0.15) is 0 Å². The van der Waals surface area contributed by atoms with Gasteiger partial charge in [-0.05, 0) is 37.5 Å². The largest absolute Gasteiger partial charge is 0.392 e. The van der Waals surface area contributed by atoms with Crippen molar-refractivity contribution in [2.45, 2.75) is 30.8 Å². The van der Waals surface area contributed by atoms with E-state index in [0.29, 0.717) is 30.5 Å². The molecular weight excluding hydrogens is 264 g/mol. The Bertz CT molecular complexity index is 619. The highest BCUT2D eigenvalue weighted by molar-refractivity contribution is 7.89. The molecule has 0 aromatic heterocycles. The molecule has 1 atom stereocenters. The topological polar surface area (TPSA) is 81.4 Å².